The Labute approximate surface area is 531 Å². The van der Waals surface area contributed by atoms with Gasteiger partial charge in [0.15, 0.2) is 0 Å². The molecule has 0 N–H and O–H groups in total. The molecule has 4 heterocycles. The Balaban J connectivity index is 0.000000160. The molecule has 4 nitrogen and oxygen atoms in total. The monoisotopic (exact) mass is 1370 g/mol. The second-order valence-electron chi connectivity index (χ2n) is 20.4. The Hall–Kier alpha value is -8.76. The molecule has 0 unspecified atom stereocenters. The molecule has 0 spiro atoms. The summed E-state index contributed by atoms with van der Waals surface area (Å²) in [5.41, 5.74) is 16.4. The second kappa shape index (κ2) is 25.1. The highest BCUT2D eigenvalue weighted by atomic mass is 80.9. The molecule has 0 saturated heterocycles. The Kier molecular flexibility index (Phi) is 16.8. The quantitative estimate of drug-likeness (QED) is 0.152. The molecule has 16 aromatic rings. The van der Waals surface area contributed by atoms with Gasteiger partial charge in [-0.25, -0.2) is 0 Å². The van der Waals surface area contributed by atoms with E-state index >= 15 is 0 Å². The van der Waals surface area contributed by atoms with Gasteiger partial charge in [-0.15, -0.1) is 0 Å². The molecule has 0 amide bonds. The van der Waals surface area contributed by atoms with E-state index in [4.69, 9.17) is 17.7 Å². The summed E-state index contributed by atoms with van der Waals surface area (Å²) in [6.07, 6.45) is 0. The number of hydrogen-bond acceptors (Lipinski definition) is 4. The topological polar surface area (TPSA) is 52.6 Å². The van der Waals surface area contributed by atoms with Crippen LogP contribution in [-0.2, 0) is 0 Å². The van der Waals surface area contributed by atoms with Crippen LogP contribution in [0.5, 0.6) is 0 Å². The first kappa shape index (κ1) is 57.7. The molecule has 0 saturated carbocycles. The van der Waals surface area contributed by atoms with Crippen molar-refractivity contribution in [3.63, 3.8) is 0 Å². The number of halogens is 4. The lowest BCUT2D eigenvalue weighted by molar-refractivity contribution is 0.632. The Morgan fingerprint density at radius 3 is 0.651 bits per heavy atom. The highest BCUT2D eigenvalue weighted by Gasteiger charge is 2.28. The minimum absolute atomic E-state index is 0. The first-order chi connectivity index (χ1) is 41.6. The zero-order chi connectivity index (χ0) is 56.7. The molecular formula is C78H54Br4O4. The molecule has 0 radical (unpaired) electrons. The van der Waals surface area contributed by atoms with Crippen LogP contribution in [0.15, 0.2) is 306 Å². The van der Waals surface area contributed by atoms with E-state index in [0.29, 0.717) is 0 Å². The van der Waals surface area contributed by atoms with Crippen LogP contribution in [0.4, 0.5) is 0 Å². The molecule has 12 aromatic carbocycles. The summed E-state index contributed by atoms with van der Waals surface area (Å²) in [5.74, 6) is 3.45. The fourth-order valence-electron chi connectivity index (χ4n) is 11.9. The van der Waals surface area contributed by atoms with Gasteiger partial charge in [0.05, 0.1) is 0 Å². The van der Waals surface area contributed by atoms with E-state index in [1.165, 1.54) is 0 Å². The van der Waals surface area contributed by atoms with Crippen LogP contribution in [-0.4, -0.2) is 0 Å². The second-order valence-corrected chi connectivity index (χ2v) is 22.1. The van der Waals surface area contributed by atoms with Gasteiger partial charge in [0.25, 0.3) is 0 Å². The lowest BCUT2D eigenvalue weighted by Crippen LogP contribution is -1.84. The highest BCUT2D eigenvalue weighted by molar-refractivity contribution is 9.93. The summed E-state index contributed by atoms with van der Waals surface area (Å²) < 4.78 is 29.1. The third kappa shape index (κ3) is 10.2. The Morgan fingerprint density at radius 1 is 0.209 bits per heavy atom. The van der Waals surface area contributed by atoms with Gasteiger partial charge in [-0.1, -0.05) is 258 Å². The highest BCUT2D eigenvalue weighted by Crippen LogP contribution is 2.53. The molecular weight excluding hydrogens is 1320 g/mol. The van der Waals surface area contributed by atoms with Crippen molar-refractivity contribution >= 4 is 126 Å². The third-order valence-electron chi connectivity index (χ3n) is 15.5. The molecule has 4 aromatic heterocycles. The van der Waals surface area contributed by atoms with E-state index in [0.717, 1.165) is 164 Å². The summed E-state index contributed by atoms with van der Waals surface area (Å²) in [5, 5.41) is 8.29. The molecule has 0 aliphatic heterocycles. The lowest BCUT2D eigenvalue weighted by Gasteiger charge is -2.08. The number of rotatable bonds is 8. The van der Waals surface area contributed by atoms with Crippen molar-refractivity contribution in [3.8, 4) is 89.8 Å². The molecule has 86 heavy (non-hydrogen) atoms. The summed E-state index contributed by atoms with van der Waals surface area (Å²) in [4.78, 5) is 0. The van der Waals surface area contributed by atoms with Gasteiger partial charge in [-0.3, -0.25) is 0 Å². The largest absolute Gasteiger partial charge is 0.455 e. The normalized spacial score (nSPS) is 11.1. The van der Waals surface area contributed by atoms with Crippen LogP contribution in [0.2, 0.25) is 0 Å². The fourth-order valence-corrected chi connectivity index (χ4v) is 13.1. The molecule has 16 rings (SSSR count). The lowest BCUT2D eigenvalue weighted by atomic mass is 9.95. The van der Waals surface area contributed by atoms with Crippen molar-refractivity contribution in [3.05, 3.63) is 288 Å². The van der Waals surface area contributed by atoms with E-state index in [-0.39, 0.29) is 14.9 Å². The van der Waals surface area contributed by atoms with Crippen LogP contribution < -0.4 is 0 Å². The number of fused-ring (bicyclic) bond motifs is 10. The van der Waals surface area contributed by atoms with Crippen LogP contribution in [0, 0.1) is 0 Å². The number of benzene rings is 12. The molecule has 0 atom stereocenters. The van der Waals surface area contributed by atoms with Crippen LogP contribution in [0.25, 0.3) is 155 Å². The predicted molar refractivity (Wildman–Crippen MR) is 377 cm³/mol. The van der Waals surface area contributed by atoms with Gasteiger partial charge < -0.3 is 17.7 Å². The number of furan rings is 4. The van der Waals surface area contributed by atoms with E-state index in [1.54, 1.807) is 0 Å². The average Bonchev–Trinajstić information content (AvgIpc) is 1.83. The Bertz CT molecular complexity index is 4680. The fraction of sp³-hybridized carbons (Fsp3) is 0.0256. The number of hydrogen-bond donors (Lipinski definition) is 0. The van der Waals surface area contributed by atoms with Crippen molar-refractivity contribution in [2.24, 2.45) is 0 Å². The van der Waals surface area contributed by atoms with Gasteiger partial charge in [-0.05, 0) is 90.5 Å². The molecule has 0 aliphatic carbocycles. The van der Waals surface area contributed by atoms with E-state index in [2.05, 4.69) is 266 Å². The minimum atomic E-state index is 0. The van der Waals surface area contributed by atoms with Gasteiger partial charge >= 0.3 is 0 Å². The van der Waals surface area contributed by atoms with Crippen LogP contribution in [0.3, 0.4) is 0 Å². The summed E-state index contributed by atoms with van der Waals surface area (Å²) in [7, 11) is 0. The van der Waals surface area contributed by atoms with Crippen molar-refractivity contribution in [1.82, 2.24) is 0 Å². The van der Waals surface area contributed by atoms with E-state index < -0.39 is 0 Å². The van der Waals surface area contributed by atoms with E-state index in [9.17, 15) is 0 Å². The van der Waals surface area contributed by atoms with Gasteiger partial charge in [0.2, 0.25) is 0 Å². The maximum atomic E-state index is 6.85. The van der Waals surface area contributed by atoms with Gasteiger partial charge in [0, 0.05) is 125 Å². The van der Waals surface area contributed by atoms with Gasteiger partial charge in [0.1, 0.15) is 45.4 Å². The standard InChI is InChI=1S/C38H22Br2O2.C38H24O2.2CH4.Br2/c39-29-21-27-31(23-13-5-1-6-14-23)35(25-17-9-3-10-18-25)41-37(27)33-30(40)22-28-32(24-15-7-2-8-16-24)36(42-38(28)34(29)33)26-19-11-4-12-20-26;1-5-13-25(14-6-1)33-31-23-21-30-29(37(31)39-35(33)27-17-9-3-10-18-27)22-24-32-34(26-15-7-2-8-16-26)36(40-38(30)32)28-19-11-4-12-20-28;;;1-2/h1-22H;1-24H;2*1H4;. The molecule has 0 bridgehead atoms. The zero-order valence-corrected chi connectivity index (χ0v) is 51.0. The van der Waals surface area contributed by atoms with Crippen molar-refractivity contribution in [2.45, 2.75) is 14.9 Å². The smallest absolute Gasteiger partial charge is 0.144 e. The molecule has 418 valence electrons. The molecule has 0 aliphatic rings. The summed E-state index contributed by atoms with van der Waals surface area (Å²) >= 11 is 13.4. The summed E-state index contributed by atoms with van der Waals surface area (Å²) in [6, 6.07) is 96.3. The maximum Gasteiger partial charge on any atom is 0.144 e. The first-order valence-electron chi connectivity index (χ1n) is 27.4. The predicted octanol–water partition coefficient (Wildman–Crippen LogP) is 26.5. The summed E-state index contributed by atoms with van der Waals surface area (Å²) in [6.45, 7) is 0. The average molecular weight is 1370 g/mol. The SMILES string of the molecule is BrBr.Brc1cc2c(-c3ccccc3)c(-c3ccccc3)oc2c2c(Br)cc3c(-c4ccccc4)c(-c4ccccc4)oc3c12.C.C.c1ccc(-c2oc3c(ccc4c3ccc3c(-c5ccccc5)c(-c5ccccc5)oc34)c2-c2ccccc2)cc1. The van der Waals surface area contributed by atoms with Gasteiger partial charge in [-0.2, -0.15) is 0 Å². The van der Waals surface area contributed by atoms with Crippen molar-refractivity contribution in [2.75, 3.05) is 0 Å². The van der Waals surface area contributed by atoms with Crippen LogP contribution in [0.1, 0.15) is 14.9 Å². The first-order valence-corrected chi connectivity index (χ1v) is 32.7. The van der Waals surface area contributed by atoms with E-state index in [1.807, 2.05) is 72.8 Å². The zero-order valence-electron chi connectivity index (χ0n) is 44.7. The van der Waals surface area contributed by atoms with Crippen molar-refractivity contribution < 1.29 is 17.7 Å². The molecule has 0 fully saturated rings. The van der Waals surface area contributed by atoms with Crippen LogP contribution >= 0.6 is 60.1 Å². The minimum Gasteiger partial charge on any atom is -0.455 e. The van der Waals surface area contributed by atoms with Crippen molar-refractivity contribution in [1.29, 1.82) is 0 Å². The Morgan fingerprint density at radius 2 is 0.407 bits per heavy atom. The maximum absolute atomic E-state index is 6.85. The third-order valence-corrected chi connectivity index (χ3v) is 16.8. The molecule has 8 heteroatoms.